The smallest absolute Gasteiger partial charge is 0.222 e. The summed E-state index contributed by atoms with van der Waals surface area (Å²) < 4.78 is 12.9. The molecule has 0 aliphatic carbocycles. The van der Waals surface area contributed by atoms with E-state index in [1.54, 1.807) is 12.1 Å². The number of amides is 1. The largest absolute Gasteiger partial charge is 0.387 e. The Labute approximate surface area is 131 Å². The molecule has 2 N–H and O–H groups in total. The van der Waals surface area contributed by atoms with Gasteiger partial charge >= 0.3 is 0 Å². The number of nitrogens with zero attached hydrogens (tertiary/aromatic N) is 1. The normalized spacial score (nSPS) is 18.4. The van der Waals surface area contributed by atoms with E-state index in [-0.39, 0.29) is 23.7 Å². The molecule has 0 aromatic heterocycles. The number of halogens is 1. The van der Waals surface area contributed by atoms with Crippen LogP contribution in [0.15, 0.2) is 24.3 Å². The van der Waals surface area contributed by atoms with Crippen LogP contribution in [-0.2, 0) is 4.79 Å². The number of rotatable bonds is 5. The summed E-state index contributed by atoms with van der Waals surface area (Å²) in [7, 11) is 0. The second-order valence-electron chi connectivity index (χ2n) is 6.31. The topological polar surface area (TPSA) is 52.6 Å². The molecule has 1 heterocycles. The van der Waals surface area contributed by atoms with Gasteiger partial charge in [0.2, 0.25) is 5.91 Å². The van der Waals surface area contributed by atoms with Crippen LogP contribution in [0.1, 0.15) is 38.4 Å². The number of piperidine rings is 1. The lowest BCUT2D eigenvalue weighted by Crippen LogP contribution is -2.46. The SMILES string of the molecule is CC(C)C(=O)NC1CCN(CC(O)c2ccc(F)cc2)CC1. The molecule has 0 spiro atoms. The molecule has 4 nitrogen and oxygen atoms in total. The van der Waals surface area contributed by atoms with Gasteiger partial charge in [0.05, 0.1) is 6.10 Å². The first-order valence-corrected chi connectivity index (χ1v) is 7.92. The Balaban J connectivity index is 1.77. The Morgan fingerprint density at radius 1 is 1.32 bits per heavy atom. The fourth-order valence-corrected chi connectivity index (χ4v) is 2.66. The van der Waals surface area contributed by atoms with Gasteiger partial charge in [-0.2, -0.15) is 0 Å². The van der Waals surface area contributed by atoms with E-state index >= 15 is 0 Å². The van der Waals surface area contributed by atoms with Crippen molar-refractivity contribution in [3.05, 3.63) is 35.6 Å². The quantitative estimate of drug-likeness (QED) is 0.876. The van der Waals surface area contributed by atoms with Gasteiger partial charge in [0.15, 0.2) is 0 Å². The number of β-amino-alcohol motifs (C(OH)–C–C–N with tert-alkyl or cyclic N) is 1. The maximum absolute atomic E-state index is 12.9. The predicted molar refractivity (Wildman–Crippen MR) is 83.8 cm³/mol. The molecule has 2 rings (SSSR count). The Morgan fingerprint density at radius 3 is 2.45 bits per heavy atom. The first-order chi connectivity index (χ1) is 10.5. The molecule has 1 amide bonds. The molecule has 1 saturated heterocycles. The van der Waals surface area contributed by atoms with Gasteiger partial charge in [0.1, 0.15) is 5.82 Å². The molecule has 1 aliphatic rings. The highest BCUT2D eigenvalue weighted by atomic mass is 19.1. The summed E-state index contributed by atoms with van der Waals surface area (Å²) in [4.78, 5) is 13.9. The lowest BCUT2D eigenvalue weighted by atomic mass is 10.0. The minimum Gasteiger partial charge on any atom is -0.387 e. The van der Waals surface area contributed by atoms with E-state index in [9.17, 15) is 14.3 Å². The molecule has 0 radical (unpaired) electrons. The third kappa shape index (κ3) is 4.78. The van der Waals surface area contributed by atoms with Gasteiger partial charge in [0.25, 0.3) is 0 Å². The van der Waals surface area contributed by atoms with Crippen LogP contribution in [-0.4, -0.2) is 41.6 Å². The fraction of sp³-hybridized carbons (Fsp3) is 0.588. The maximum atomic E-state index is 12.9. The van der Waals surface area contributed by atoms with Gasteiger partial charge in [-0.1, -0.05) is 26.0 Å². The van der Waals surface area contributed by atoms with E-state index in [1.165, 1.54) is 12.1 Å². The molecule has 0 bridgehead atoms. The molecule has 1 fully saturated rings. The van der Waals surface area contributed by atoms with Gasteiger partial charge in [-0.15, -0.1) is 0 Å². The summed E-state index contributed by atoms with van der Waals surface area (Å²) in [5.41, 5.74) is 0.733. The number of likely N-dealkylation sites (tertiary alicyclic amines) is 1. The van der Waals surface area contributed by atoms with Crippen molar-refractivity contribution in [3.63, 3.8) is 0 Å². The van der Waals surface area contributed by atoms with Crippen molar-refractivity contribution in [1.82, 2.24) is 10.2 Å². The summed E-state index contributed by atoms with van der Waals surface area (Å²) in [6.07, 6.45) is 1.19. The minimum atomic E-state index is -0.609. The van der Waals surface area contributed by atoms with E-state index in [1.807, 2.05) is 13.8 Å². The lowest BCUT2D eigenvalue weighted by molar-refractivity contribution is -0.125. The first-order valence-electron chi connectivity index (χ1n) is 7.92. The second-order valence-corrected chi connectivity index (χ2v) is 6.31. The molecule has 122 valence electrons. The molecular formula is C17H25FN2O2. The van der Waals surface area contributed by atoms with Gasteiger partial charge < -0.3 is 15.3 Å². The van der Waals surface area contributed by atoms with Crippen molar-refractivity contribution in [2.75, 3.05) is 19.6 Å². The Hall–Kier alpha value is -1.46. The second kappa shape index (κ2) is 7.70. The van der Waals surface area contributed by atoms with Crippen LogP contribution in [0.2, 0.25) is 0 Å². The maximum Gasteiger partial charge on any atom is 0.222 e. The van der Waals surface area contributed by atoms with Gasteiger partial charge in [0, 0.05) is 31.6 Å². The first kappa shape index (κ1) is 16.9. The van der Waals surface area contributed by atoms with Crippen molar-refractivity contribution < 1.29 is 14.3 Å². The number of aliphatic hydroxyl groups is 1. The fourth-order valence-electron chi connectivity index (χ4n) is 2.66. The summed E-state index contributed by atoms with van der Waals surface area (Å²) in [6.45, 7) is 6.02. The van der Waals surface area contributed by atoms with Crippen LogP contribution < -0.4 is 5.32 Å². The van der Waals surface area contributed by atoms with E-state index in [0.717, 1.165) is 31.5 Å². The minimum absolute atomic E-state index is 0.0123. The summed E-state index contributed by atoms with van der Waals surface area (Å²) >= 11 is 0. The average Bonchev–Trinajstić information content (AvgIpc) is 2.49. The van der Waals surface area contributed by atoms with E-state index in [2.05, 4.69) is 10.2 Å². The number of carbonyl (C=O) groups excluding carboxylic acids is 1. The van der Waals surface area contributed by atoms with Crippen molar-refractivity contribution in [3.8, 4) is 0 Å². The third-order valence-electron chi connectivity index (χ3n) is 4.14. The standard InChI is InChI=1S/C17H25FN2O2/c1-12(2)17(22)19-15-7-9-20(10-8-15)11-16(21)13-3-5-14(18)6-4-13/h3-6,12,15-16,21H,7-11H2,1-2H3,(H,19,22). The Kier molecular flexibility index (Phi) is 5.91. The van der Waals surface area contributed by atoms with Gasteiger partial charge in [-0.25, -0.2) is 4.39 Å². The number of hydrogen-bond donors (Lipinski definition) is 2. The Morgan fingerprint density at radius 2 is 1.91 bits per heavy atom. The Bertz CT molecular complexity index is 482. The van der Waals surface area contributed by atoms with Gasteiger partial charge in [-0.3, -0.25) is 4.79 Å². The van der Waals surface area contributed by atoms with Crippen LogP contribution in [0.5, 0.6) is 0 Å². The predicted octanol–water partition coefficient (Wildman–Crippen LogP) is 2.10. The van der Waals surface area contributed by atoms with Crippen LogP contribution in [0.25, 0.3) is 0 Å². The molecule has 1 aliphatic heterocycles. The van der Waals surface area contributed by atoms with Crippen LogP contribution in [0, 0.1) is 11.7 Å². The van der Waals surface area contributed by atoms with Crippen molar-refractivity contribution in [2.45, 2.75) is 38.8 Å². The van der Waals surface area contributed by atoms with Crippen molar-refractivity contribution in [2.24, 2.45) is 5.92 Å². The zero-order valence-electron chi connectivity index (χ0n) is 13.3. The number of aliphatic hydroxyl groups excluding tert-OH is 1. The molecule has 1 atom stereocenters. The van der Waals surface area contributed by atoms with Crippen molar-refractivity contribution in [1.29, 1.82) is 0 Å². The monoisotopic (exact) mass is 308 g/mol. The molecule has 1 unspecified atom stereocenters. The summed E-state index contributed by atoms with van der Waals surface area (Å²) in [5, 5.41) is 13.3. The summed E-state index contributed by atoms with van der Waals surface area (Å²) in [6, 6.07) is 6.21. The van der Waals surface area contributed by atoms with E-state index in [4.69, 9.17) is 0 Å². The molecular weight excluding hydrogens is 283 g/mol. The molecule has 0 saturated carbocycles. The number of carbonyl (C=O) groups is 1. The highest BCUT2D eigenvalue weighted by molar-refractivity contribution is 5.78. The lowest BCUT2D eigenvalue weighted by Gasteiger charge is -2.33. The zero-order chi connectivity index (χ0) is 16.1. The zero-order valence-corrected chi connectivity index (χ0v) is 13.3. The molecule has 22 heavy (non-hydrogen) atoms. The molecule has 5 heteroatoms. The number of benzene rings is 1. The molecule has 1 aromatic rings. The highest BCUT2D eigenvalue weighted by Gasteiger charge is 2.23. The number of nitrogens with one attached hydrogen (secondary N) is 1. The van der Waals surface area contributed by atoms with E-state index in [0.29, 0.717) is 6.54 Å². The van der Waals surface area contributed by atoms with Crippen LogP contribution in [0.3, 0.4) is 0 Å². The molecule has 1 aromatic carbocycles. The van der Waals surface area contributed by atoms with Crippen molar-refractivity contribution >= 4 is 5.91 Å². The van der Waals surface area contributed by atoms with E-state index < -0.39 is 6.10 Å². The highest BCUT2D eigenvalue weighted by Crippen LogP contribution is 2.18. The average molecular weight is 308 g/mol. The van der Waals surface area contributed by atoms with Crippen LogP contribution >= 0.6 is 0 Å². The van der Waals surface area contributed by atoms with Gasteiger partial charge in [-0.05, 0) is 30.5 Å². The van der Waals surface area contributed by atoms with Crippen LogP contribution in [0.4, 0.5) is 4.39 Å². The third-order valence-corrected chi connectivity index (χ3v) is 4.14. The summed E-state index contributed by atoms with van der Waals surface area (Å²) in [5.74, 6) is -0.180. The number of hydrogen-bond acceptors (Lipinski definition) is 3.